The summed E-state index contributed by atoms with van der Waals surface area (Å²) in [6, 6.07) is 24.3. The Kier molecular flexibility index (Phi) is 5.42. The number of carbonyl (C=O) groups is 1. The lowest BCUT2D eigenvalue weighted by molar-refractivity contribution is -0.131. The van der Waals surface area contributed by atoms with E-state index in [1.807, 2.05) is 42.5 Å². The van der Waals surface area contributed by atoms with Crippen LogP contribution in [-0.2, 0) is 14.9 Å². The van der Waals surface area contributed by atoms with Gasteiger partial charge in [-0.05, 0) is 40.8 Å². The first-order chi connectivity index (χ1) is 13.7. The van der Waals surface area contributed by atoms with Gasteiger partial charge in [0.1, 0.15) is 0 Å². The van der Waals surface area contributed by atoms with Crippen LogP contribution in [0.4, 0.5) is 0 Å². The zero-order valence-electron chi connectivity index (χ0n) is 15.9. The Morgan fingerprint density at radius 2 is 1.64 bits per heavy atom. The minimum atomic E-state index is -0.566. The molecule has 0 aromatic heterocycles. The SMILES string of the molecule is NCC(NC(=O)C1(c2ccccc2)CCOCC1)c1ccc2ccccc2c1. The third-order valence-corrected chi connectivity index (χ3v) is 5.82. The smallest absolute Gasteiger partial charge is 0.231 e. The fraction of sp³-hybridized carbons (Fsp3) is 0.292. The predicted octanol–water partition coefficient (Wildman–Crippen LogP) is 3.70. The molecular weight excluding hydrogens is 348 g/mol. The molecule has 3 aromatic carbocycles. The summed E-state index contributed by atoms with van der Waals surface area (Å²) in [5.74, 6) is 0.0330. The Labute approximate surface area is 165 Å². The van der Waals surface area contributed by atoms with Gasteiger partial charge in [0.25, 0.3) is 0 Å². The molecule has 3 aromatic rings. The maximum atomic E-state index is 13.5. The molecule has 1 heterocycles. The van der Waals surface area contributed by atoms with E-state index >= 15 is 0 Å². The topological polar surface area (TPSA) is 64.3 Å². The number of nitrogens with one attached hydrogen (secondary N) is 1. The van der Waals surface area contributed by atoms with Crippen molar-refractivity contribution in [2.75, 3.05) is 19.8 Å². The monoisotopic (exact) mass is 374 g/mol. The Morgan fingerprint density at radius 3 is 2.36 bits per heavy atom. The van der Waals surface area contributed by atoms with Gasteiger partial charge in [0, 0.05) is 19.8 Å². The predicted molar refractivity (Wildman–Crippen MR) is 112 cm³/mol. The first-order valence-corrected chi connectivity index (χ1v) is 9.86. The van der Waals surface area contributed by atoms with Gasteiger partial charge in [-0.2, -0.15) is 0 Å². The molecule has 1 unspecified atom stereocenters. The van der Waals surface area contributed by atoms with Crippen LogP contribution in [0.1, 0.15) is 30.0 Å². The van der Waals surface area contributed by atoms with Gasteiger partial charge in [-0.15, -0.1) is 0 Å². The molecule has 0 radical (unpaired) electrons. The molecule has 28 heavy (non-hydrogen) atoms. The van der Waals surface area contributed by atoms with Crippen LogP contribution in [0.25, 0.3) is 10.8 Å². The molecule has 144 valence electrons. The quantitative estimate of drug-likeness (QED) is 0.716. The maximum Gasteiger partial charge on any atom is 0.231 e. The maximum absolute atomic E-state index is 13.5. The summed E-state index contributed by atoms with van der Waals surface area (Å²) in [4.78, 5) is 13.5. The second-order valence-corrected chi connectivity index (χ2v) is 7.43. The van der Waals surface area contributed by atoms with Crippen molar-refractivity contribution in [2.45, 2.75) is 24.3 Å². The van der Waals surface area contributed by atoms with E-state index in [4.69, 9.17) is 10.5 Å². The molecule has 0 saturated carbocycles. The Bertz CT molecular complexity index is 949. The van der Waals surface area contributed by atoms with Crippen LogP contribution in [0.3, 0.4) is 0 Å². The Morgan fingerprint density at radius 1 is 0.964 bits per heavy atom. The fourth-order valence-corrected chi connectivity index (χ4v) is 4.12. The third-order valence-electron chi connectivity index (χ3n) is 5.82. The largest absolute Gasteiger partial charge is 0.381 e. The molecule has 1 saturated heterocycles. The summed E-state index contributed by atoms with van der Waals surface area (Å²) >= 11 is 0. The van der Waals surface area contributed by atoms with E-state index < -0.39 is 5.41 Å². The van der Waals surface area contributed by atoms with Gasteiger partial charge in [0.05, 0.1) is 11.5 Å². The second kappa shape index (κ2) is 8.13. The van der Waals surface area contributed by atoms with E-state index in [-0.39, 0.29) is 11.9 Å². The van der Waals surface area contributed by atoms with Crippen molar-refractivity contribution in [3.63, 3.8) is 0 Å². The first-order valence-electron chi connectivity index (χ1n) is 9.86. The summed E-state index contributed by atoms with van der Waals surface area (Å²) in [6.45, 7) is 1.53. The molecule has 1 atom stereocenters. The molecule has 0 aliphatic carbocycles. The van der Waals surface area contributed by atoms with Crippen LogP contribution in [0, 0.1) is 0 Å². The average Bonchev–Trinajstić information content (AvgIpc) is 2.78. The molecule has 0 bridgehead atoms. The van der Waals surface area contributed by atoms with Crippen molar-refractivity contribution < 1.29 is 9.53 Å². The molecule has 4 heteroatoms. The van der Waals surface area contributed by atoms with Crippen molar-refractivity contribution in [2.24, 2.45) is 5.73 Å². The number of benzene rings is 3. The number of hydrogen-bond acceptors (Lipinski definition) is 3. The van der Waals surface area contributed by atoms with Crippen molar-refractivity contribution in [3.8, 4) is 0 Å². The highest BCUT2D eigenvalue weighted by atomic mass is 16.5. The van der Waals surface area contributed by atoms with Crippen molar-refractivity contribution in [1.82, 2.24) is 5.32 Å². The molecule has 1 fully saturated rings. The second-order valence-electron chi connectivity index (χ2n) is 7.43. The number of carbonyl (C=O) groups excluding carboxylic acids is 1. The van der Waals surface area contributed by atoms with Crippen LogP contribution in [0.2, 0.25) is 0 Å². The summed E-state index contributed by atoms with van der Waals surface area (Å²) in [7, 11) is 0. The lowest BCUT2D eigenvalue weighted by Crippen LogP contribution is -2.50. The van der Waals surface area contributed by atoms with Gasteiger partial charge < -0.3 is 15.8 Å². The van der Waals surface area contributed by atoms with E-state index in [0.29, 0.717) is 32.6 Å². The molecule has 0 spiro atoms. The number of ether oxygens (including phenoxy) is 1. The summed E-state index contributed by atoms with van der Waals surface area (Å²) in [6.07, 6.45) is 1.36. The Hall–Kier alpha value is -2.69. The van der Waals surface area contributed by atoms with Gasteiger partial charge in [0.2, 0.25) is 5.91 Å². The van der Waals surface area contributed by atoms with Gasteiger partial charge in [-0.25, -0.2) is 0 Å². The summed E-state index contributed by atoms with van der Waals surface area (Å²) in [5.41, 5.74) is 7.58. The van der Waals surface area contributed by atoms with Crippen LogP contribution in [0.15, 0.2) is 72.8 Å². The van der Waals surface area contributed by atoms with Crippen molar-refractivity contribution >= 4 is 16.7 Å². The lowest BCUT2D eigenvalue weighted by atomic mass is 9.73. The average molecular weight is 374 g/mol. The molecule has 4 rings (SSSR count). The van der Waals surface area contributed by atoms with Crippen molar-refractivity contribution in [1.29, 1.82) is 0 Å². The molecule has 1 aliphatic rings. The van der Waals surface area contributed by atoms with E-state index in [0.717, 1.165) is 16.5 Å². The van der Waals surface area contributed by atoms with Gasteiger partial charge in [-0.1, -0.05) is 66.7 Å². The molecule has 3 N–H and O–H groups in total. The normalized spacial score (nSPS) is 17.2. The minimum absolute atomic E-state index is 0.0330. The van der Waals surface area contributed by atoms with E-state index in [1.54, 1.807) is 0 Å². The summed E-state index contributed by atoms with van der Waals surface area (Å²) < 4.78 is 5.56. The zero-order chi connectivity index (χ0) is 19.4. The van der Waals surface area contributed by atoms with Crippen LogP contribution >= 0.6 is 0 Å². The first kappa shape index (κ1) is 18.7. The number of nitrogens with two attached hydrogens (primary N) is 1. The molecule has 1 aliphatic heterocycles. The van der Waals surface area contributed by atoms with Crippen LogP contribution in [0.5, 0.6) is 0 Å². The summed E-state index contributed by atoms with van der Waals surface area (Å²) in [5, 5.41) is 5.57. The van der Waals surface area contributed by atoms with E-state index in [9.17, 15) is 4.79 Å². The number of rotatable bonds is 5. The number of hydrogen-bond donors (Lipinski definition) is 2. The Balaban J connectivity index is 1.63. The standard InChI is InChI=1S/C24H26N2O2/c25-17-22(20-11-10-18-6-4-5-7-19(18)16-20)26-23(27)24(12-14-28-15-13-24)21-8-2-1-3-9-21/h1-11,16,22H,12-15,17,25H2,(H,26,27). The zero-order valence-corrected chi connectivity index (χ0v) is 15.9. The molecule has 1 amide bonds. The van der Waals surface area contributed by atoms with E-state index in [1.165, 1.54) is 5.39 Å². The highest BCUT2D eigenvalue weighted by Crippen LogP contribution is 2.36. The van der Waals surface area contributed by atoms with Crippen molar-refractivity contribution in [3.05, 3.63) is 83.9 Å². The van der Waals surface area contributed by atoms with Crippen LogP contribution in [-0.4, -0.2) is 25.7 Å². The number of amides is 1. The van der Waals surface area contributed by atoms with Gasteiger partial charge >= 0.3 is 0 Å². The minimum Gasteiger partial charge on any atom is -0.381 e. The fourth-order valence-electron chi connectivity index (χ4n) is 4.12. The lowest BCUT2D eigenvalue weighted by Gasteiger charge is -2.37. The van der Waals surface area contributed by atoms with Gasteiger partial charge in [-0.3, -0.25) is 4.79 Å². The highest BCUT2D eigenvalue weighted by Gasteiger charge is 2.42. The van der Waals surface area contributed by atoms with Gasteiger partial charge in [0.15, 0.2) is 0 Å². The number of fused-ring (bicyclic) bond motifs is 1. The molecular formula is C24H26N2O2. The van der Waals surface area contributed by atoms with E-state index in [2.05, 4.69) is 35.6 Å². The van der Waals surface area contributed by atoms with Crippen LogP contribution < -0.4 is 11.1 Å². The molecule has 4 nitrogen and oxygen atoms in total. The highest BCUT2D eigenvalue weighted by molar-refractivity contribution is 5.89. The third kappa shape index (κ3) is 3.53.